The lowest BCUT2D eigenvalue weighted by atomic mass is 10.2. The standard InChI is InChI=1S/C18H14N6O/c1-24-15-10-6-5-9-13(15)16(17(24)25)21-23-18-20-14(11-19-22-18)12-7-3-2-4-8-12/h2-11,25H,1H3. The van der Waals surface area contributed by atoms with Crippen LogP contribution in [0, 0.1) is 0 Å². The average molecular weight is 330 g/mol. The van der Waals surface area contributed by atoms with Gasteiger partial charge in [-0.1, -0.05) is 48.5 Å². The number of benzene rings is 2. The number of para-hydroxylation sites is 1. The van der Waals surface area contributed by atoms with Gasteiger partial charge in [0.2, 0.25) is 5.88 Å². The SMILES string of the molecule is Cn1c(O)c(N=Nc2nncc(-c3ccccc3)n2)c2ccccc21. The number of azo groups is 1. The van der Waals surface area contributed by atoms with E-state index >= 15 is 0 Å². The monoisotopic (exact) mass is 330 g/mol. The molecular formula is C18H14N6O. The number of fused-ring (bicyclic) bond motifs is 1. The molecule has 0 unspecified atom stereocenters. The second kappa shape index (κ2) is 6.12. The van der Waals surface area contributed by atoms with Crippen molar-refractivity contribution in [3.05, 3.63) is 60.8 Å². The number of nitrogens with zero attached hydrogens (tertiary/aromatic N) is 6. The lowest BCUT2D eigenvalue weighted by Gasteiger charge is -1.99. The molecule has 1 N–H and O–H groups in total. The van der Waals surface area contributed by atoms with E-state index < -0.39 is 0 Å². The molecule has 7 heteroatoms. The predicted octanol–water partition coefficient (Wildman–Crippen LogP) is 4.15. The smallest absolute Gasteiger partial charge is 0.288 e. The summed E-state index contributed by atoms with van der Waals surface area (Å²) in [5.74, 6) is 0.172. The first-order valence-corrected chi connectivity index (χ1v) is 7.67. The van der Waals surface area contributed by atoms with Gasteiger partial charge in [0.15, 0.2) is 5.69 Å². The molecule has 0 aliphatic heterocycles. The summed E-state index contributed by atoms with van der Waals surface area (Å²) in [6.45, 7) is 0. The Morgan fingerprint density at radius 1 is 0.960 bits per heavy atom. The van der Waals surface area contributed by atoms with Crippen LogP contribution in [-0.2, 0) is 7.05 Å². The van der Waals surface area contributed by atoms with Gasteiger partial charge in [-0.05, 0) is 6.07 Å². The molecule has 4 aromatic rings. The van der Waals surface area contributed by atoms with Gasteiger partial charge in [-0.3, -0.25) is 0 Å². The summed E-state index contributed by atoms with van der Waals surface area (Å²) in [5, 5.41) is 27.1. The molecular weight excluding hydrogens is 316 g/mol. The van der Waals surface area contributed by atoms with E-state index in [4.69, 9.17) is 0 Å². The Labute approximate surface area is 143 Å². The summed E-state index contributed by atoms with van der Waals surface area (Å²) in [4.78, 5) is 4.35. The van der Waals surface area contributed by atoms with E-state index in [0.29, 0.717) is 11.4 Å². The molecule has 0 atom stereocenters. The van der Waals surface area contributed by atoms with Crippen LogP contribution in [0.2, 0.25) is 0 Å². The number of aromatic nitrogens is 4. The van der Waals surface area contributed by atoms with E-state index in [1.807, 2.05) is 54.6 Å². The highest BCUT2D eigenvalue weighted by atomic mass is 16.3. The molecule has 4 rings (SSSR count). The molecule has 2 aromatic heterocycles. The van der Waals surface area contributed by atoms with E-state index in [0.717, 1.165) is 16.5 Å². The molecule has 122 valence electrons. The van der Waals surface area contributed by atoms with Crippen molar-refractivity contribution < 1.29 is 5.11 Å². The van der Waals surface area contributed by atoms with Crippen molar-refractivity contribution in [3.8, 4) is 17.1 Å². The van der Waals surface area contributed by atoms with Crippen LogP contribution >= 0.6 is 0 Å². The zero-order chi connectivity index (χ0) is 17.2. The maximum Gasteiger partial charge on any atom is 0.288 e. The van der Waals surface area contributed by atoms with E-state index in [1.54, 1.807) is 17.8 Å². The van der Waals surface area contributed by atoms with E-state index in [-0.39, 0.29) is 11.8 Å². The Bertz CT molecular complexity index is 1070. The molecule has 2 aromatic carbocycles. The Hall–Kier alpha value is -3.61. The zero-order valence-electron chi connectivity index (χ0n) is 13.4. The quantitative estimate of drug-likeness (QED) is 0.571. The van der Waals surface area contributed by atoms with E-state index in [9.17, 15) is 5.11 Å². The fraction of sp³-hybridized carbons (Fsp3) is 0.0556. The van der Waals surface area contributed by atoms with Crippen LogP contribution in [-0.4, -0.2) is 24.9 Å². The van der Waals surface area contributed by atoms with Crippen LogP contribution in [0.1, 0.15) is 0 Å². The van der Waals surface area contributed by atoms with Gasteiger partial charge in [0.1, 0.15) is 0 Å². The maximum atomic E-state index is 10.3. The van der Waals surface area contributed by atoms with Crippen molar-refractivity contribution in [2.45, 2.75) is 0 Å². The second-order valence-electron chi connectivity index (χ2n) is 5.46. The zero-order valence-corrected chi connectivity index (χ0v) is 13.4. The van der Waals surface area contributed by atoms with Gasteiger partial charge in [-0.25, -0.2) is 4.98 Å². The lowest BCUT2D eigenvalue weighted by molar-refractivity contribution is 0.436. The Kier molecular flexibility index (Phi) is 3.66. The van der Waals surface area contributed by atoms with Crippen molar-refractivity contribution in [1.82, 2.24) is 19.7 Å². The first-order valence-electron chi connectivity index (χ1n) is 7.67. The lowest BCUT2D eigenvalue weighted by Crippen LogP contribution is -1.89. The third-order valence-corrected chi connectivity index (χ3v) is 3.91. The summed E-state index contributed by atoms with van der Waals surface area (Å²) < 4.78 is 1.66. The second-order valence-corrected chi connectivity index (χ2v) is 5.46. The average Bonchev–Trinajstić information content (AvgIpc) is 2.92. The third-order valence-electron chi connectivity index (χ3n) is 3.91. The van der Waals surface area contributed by atoms with Crippen LogP contribution in [0.3, 0.4) is 0 Å². The van der Waals surface area contributed by atoms with Crippen LogP contribution in [0.5, 0.6) is 5.88 Å². The largest absolute Gasteiger partial charge is 0.493 e. The van der Waals surface area contributed by atoms with Gasteiger partial charge in [0.05, 0.1) is 17.4 Å². The Balaban J connectivity index is 1.73. The molecule has 0 radical (unpaired) electrons. The maximum absolute atomic E-state index is 10.3. The minimum atomic E-state index is 0.0390. The molecule has 0 bridgehead atoms. The Morgan fingerprint density at radius 3 is 2.56 bits per heavy atom. The van der Waals surface area contributed by atoms with Crippen molar-refractivity contribution >= 4 is 22.5 Å². The van der Waals surface area contributed by atoms with Gasteiger partial charge >= 0.3 is 0 Å². The van der Waals surface area contributed by atoms with Gasteiger partial charge < -0.3 is 9.67 Å². The topological polar surface area (TPSA) is 88.5 Å². The summed E-state index contributed by atoms with van der Waals surface area (Å²) in [5.41, 5.74) is 2.83. The molecule has 2 heterocycles. The van der Waals surface area contributed by atoms with Crippen molar-refractivity contribution in [2.24, 2.45) is 17.3 Å². The number of hydrogen-bond donors (Lipinski definition) is 1. The molecule has 0 saturated carbocycles. The third kappa shape index (κ3) is 2.72. The van der Waals surface area contributed by atoms with Crippen LogP contribution in [0.15, 0.2) is 71.0 Å². The van der Waals surface area contributed by atoms with Crippen LogP contribution in [0.25, 0.3) is 22.2 Å². The molecule has 0 amide bonds. The van der Waals surface area contributed by atoms with Gasteiger partial charge in [-0.2, -0.15) is 5.10 Å². The summed E-state index contributed by atoms with van der Waals surface area (Å²) in [6.07, 6.45) is 1.57. The van der Waals surface area contributed by atoms with Crippen LogP contribution in [0.4, 0.5) is 11.6 Å². The van der Waals surface area contributed by atoms with Gasteiger partial charge in [0, 0.05) is 18.0 Å². The van der Waals surface area contributed by atoms with Crippen molar-refractivity contribution in [1.29, 1.82) is 0 Å². The van der Waals surface area contributed by atoms with Gasteiger partial charge in [0.25, 0.3) is 5.95 Å². The highest BCUT2D eigenvalue weighted by molar-refractivity contribution is 5.94. The minimum absolute atomic E-state index is 0.0390. The minimum Gasteiger partial charge on any atom is -0.493 e. The summed E-state index contributed by atoms with van der Waals surface area (Å²) in [7, 11) is 1.77. The summed E-state index contributed by atoms with van der Waals surface area (Å²) in [6, 6.07) is 17.2. The number of aryl methyl sites for hydroxylation is 1. The Morgan fingerprint density at radius 2 is 1.72 bits per heavy atom. The number of aromatic hydroxyl groups is 1. The normalized spacial score (nSPS) is 11.4. The molecule has 0 spiro atoms. The van der Waals surface area contributed by atoms with Gasteiger partial charge in [-0.15, -0.1) is 15.3 Å². The molecule has 0 saturated heterocycles. The van der Waals surface area contributed by atoms with E-state index in [1.165, 1.54) is 0 Å². The fourth-order valence-corrected chi connectivity index (χ4v) is 2.64. The molecule has 0 aliphatic carbocycles. The predicted molar refractivity (Wildman–Crippen MR) is 94.0 cm³/mol. The highest BCUT2D eigenvalue weighted by Gasteiger charge is 2.13. The first-order chi connectivity index (χ1) is 12.2. The van der Waals surface area contributed by atoms with Crippen molar-refractivity contribution in [3.63, 3.8) is 0 Å². The molecule has 0 fully saturated rings. The fourth-order valence-electron chi connectivity index (χ4n) is 2.64. The number of hydrogen-bond acceptors (Lipinski definition) is 6. The molecule has 7 nitrogen and oxygen atoms in total. The number of rotatable bonds is 3. The molecule has 0 aliphatic rings. The van der Waals surface area contributed by atoms with Crippen molar-refractivity contribution in [2.75, 3.05) is 0 Å². The summed E-state index contributed by atoms with van der Waals surface area (Å²) >= 11 is 0. The first kappa shape index (κ1) is 14.9. The highest BCUT2D eigenvalue weighted by Crippen LogP contribution is 2.38. The van der Waals surface area contributed by atoms with E-state index in [2.05, 4.69) is 25.4 Å². The van der Waals surface area contributed by atoms with Crippen LogP contribution < -0.4 is 0 Å². The molecule has 25 heavy (non-hydrogen) atoms.